The van der Waals surface area contributed by atoms with Crippen molar-refractivity contribution in [3.63, 3.8) is 0 Å². The van der Waals surface area contributed by atoms with E-state index >= 15 is 0 Å². The van der Waals surface area contributed by atoms with Gasteiger partial charge in [-0.2, -0.15) is 0 Å². The van der Waals surface area contributed by atoms with Gasteiger partial charge in [-0.1, -0.05) is 15.9 Å². The van der Waals surface area contributed by atoms with Crippen LogP contribution in [0.2, 0.25) is 0 Å². The van der Waals surface area contributed by atoms with E-state index in [1.807, 2.05) is 12.1 Å². The van der Waals surface area contributed by atoms with Gasteiger partial charge < -0.3 is 10.5 Å². The van der Waals surface area contributed by atoms with Gasteiger partial charge in [0.15, 0.2) is 5.69 Å². The second kappa shape index (κ2) is 5.64. The Bertz CT molecular complexity index is 632. The first-order valence-corrected chi connectivity index (χ1v) is 7.39. The van der Waals surface area contributed by atoms with Crippen LogP contribution in [-0.2, 0) is 4.74 Å². The van der Waals surface area contributed by atoms with Crippen LogP contribution in [0.5, 0.6) is 0 Å². The number of hydrogen-bond acceptors (Lipinski definition) is 4. The number of esters is 1. The smallest absolute Gasteiger partial charge is 0.360 e. The fourth-order valence-electron chi connectivity index (χ4n) is 1.55. The maximum Gasteiger partial charge on any atom is 0.360 e. The second-order valence-corrected chi connectivity index (χ2v) is 6.18. The zero-order valence-electron chi connectivity index (χ0n) is 9.65. The molecule has 0 amide bonds. The minimum atomic E-state index is -0.569. The van der Waals surface area contributed by atoms with Crippen LogP contribution in [0, 0.1) is 0 Å². The number of imidazole rings is 1. The zero-order chi connectivity index (χ0) is 14.2. The number of aromatic nitrogens is 2. The van der Waals surface area contributed by atoms with E-state index in [1.165, 1.54) is 13.4 Å². The van der Waals surface area contributed by atoms with Crippen molar-refractivity contribution < 1.29 is 9.53 Å². The summed E-state index contributed by atoms with van der Waals surface area (Å²) in [5.41, 5.74) is 6.77. The van der Waals surface area contributed by atoms with Crippen molar-refractivity contribution in [3.8, 4) is 5.69 Å². The monoisotopic (exact) mass is 451 g/mol. The van der Waals surface area contributed by atoms with Gasteiger partial charge in [0, 0.05) is 13.4 Å². The van der Waals surface area contributed by atoms with Gasteiger partial charge in [-0.3, -0.25) is 4.57 Å². The van der Waals surface area contributed by atoms with Gasteiger partial charge in [-0.05, 0) is 44.0 Å². The molecular formula is C11H8Br3N3O2. The van der Waals surface area contributed by atoms with Gasteiger partial charge in [0.25, 0.3) is 0 Å². The fourth-order valence-corrected chi connectivity index (χ4v) is 4.20. The minimum absolute atomic E-state index is 0.0872. The minimum Gasteiger partial charge on any atom is -0.464 e. The lowest BCUT2D eigenvalue weighted by molar-refractivity contribution is 0.0596. The summed E-state index contributed by atoms with van der Waals surface area (Å²) in [6.07, 6.45) is 1.47. The van der Waals surface area contributed by atoms with Crippen LogP contribution in [0.4, 0.5) is 5.82 Å². The molecule has 0 aliphatic heterocycles. The molecule has 19 heavy (non-hydrogen) atoms. The van der Waals surface area contributed by atoms with Crippen molar-refractivity contribution in [2.45, 2.75) is 0 Å². The average molecular weight is 454 g/mol. The number of hydrogen-bond donors (Lipinski definition) is 1. The van der Waals surface area contributed by atoms with Gasteiger partial charge in [0.05, 0.1) is 12.8 Å². The Labute approximate surface area is 134 Å². The summed E-state index contributed by atoms with van der Waals surface area (Å²) in [6.45, 7) is 0. The van der Waals surface area contributed by atoms with E-state index in [1.54, 1.807) is 4.57 Å². The SMILES string of the molecule is COC(=O)c1ncn(-c2c(Br)cc(Br)cc2Br)c1N. The molecule has 0 spiro atoms. The Morgan fingerprint density at radius 3 is 2.42 bits per heavy atom. The van der Waals surface area contributed by atoms with Crippen LogP contribution >= 0.6 is 47.8 Å². The van der Waals surface area contributed by atoms with E-state index in [0.29, 0.717) is 0 Å². The number of carbonyl (C=O) groups is 1. The van der Waals surface area contributed by atoms with Crippen molar-refractivity contribution >= 4 is 59.6 Å². The summed E-state index contributed by atoms with van der Waals surface area (Å²) >= 11 is 10.3. The lowest BCUT2D eigenvalue weighted by Crippen LogP contribution is -2.08. The number of ether oxygens (including phenoxy) is 1. The van der Waals surface area contributed by atoms with Crippen molar-refractivity contribution in [2.24, 2.45) is 0 Å². The number of anilines is 1. The summed E-state index contributed by atoms with van der Waals surface area (Å²) in [5, 5.41) is 0. The summed E-state index contributed by atoms with van der Waals surface area (Å²) < 4.78 is 8.73. The largest absolute Gasteiger partial charge is 0.464 e. The quantitative estimate of drug-likeness (QED) is 0.706. The van der Waals surface area contributed by atoms with Gasteiger partial charge in [-0.25, -0.2) is 9.78 Å². The Hall–Kier alpha value is -0.860. The topological polar surface area (TPSA) is 70.1 Å². The third-order valence-electron chi connectivity index (χ3n) is 2.41. The summed E-state index contributed by atoms with van der Waals surface area (Å²) in [5.74, 6) is -0.351. The molecule has 1 aromatic heterocycles. The molecule has 0 radical (unpaired) electrons. The maximum atomic E-state index is 11.5. The molecule has 0 unspecified atom stereocenters. The van der Waals surface area contributed by atoms with E-state index in [4.69, 9.17) is 5.73 Å². The molecule has 0 saturated heterocycles. The Morgan fingerprint density at radius 2 is 1.89 bits per heavy atom. The molecule has 0 fully saturated rings. The molecule has 0 aliphatic carbocycles. The predicted octanol–water partition coefficient (Wildman–Crippen LogP) is 3.53. The fraction of sp³-hybridized carbons (Fsp3) is 0.0909. The van der Waals surface area contributed by atoms with Crippen molar-refractivity contribution in [3.05, 3.63) is 37.6 Å². The van der Waals surface area contributed by atoms with Gasteiger partial charge >= 0.3 is 5.97 Å². The normalized spacial score (nSPS) is 10.5. The molecule has 8 heteroatoms. The number of nitrogens with zero attached hydrogens (tertiary/aromatic N) is 2. The van der Waals surface area contributed by atoms with Crippen LogP contribution in [-0.4, -0.2) is 22.6 Å². The van der Waals surface area contributed by atoms with Crippen LogP contribution < -0.4 is 5.73 Å². The zero-order valence-corrected chi connectivity index (χ0v) is 14.4. The van der Waals surface area contributed by atoms with E-state index < -0.39 is 5.97 Å². The predicted molar refractivity (Wildman–Crippen MR) is 82.4 cm³/mol. The van der Waals surface area contributed by atoms with Crippen LogP contribution in [0.15, 0.2) is 31.9 Å². The number of carbonyl (C=O) groups excluding carboxylic acids is 1. The Balaban J connectivity index is 2.61. The van der Waals surface area contributed by atoms with Crippen molar-refractivity contribution in [1.82, 2.24) is 9.55 Å². The number of benzene rings is 1. The molecule has 5 nitrogen and oxygen atoms in total. The lowest BCUT2D eigenvalue weighted by atomic mass is 10.3. The Kier molecular flexibility index (Phi) is 4.32. The van der Waals surface area contributed by atoms with Gasteiger partial charge in [0.1, 0.15) is 12.1 Å². The standard InChI is InChI=1S/C11H8Br3N3O2/c1-19-11(18)8-10(15)17(4-16-8)9-6(13)2-5(12)3-7(9)14/h2-4H,15H2,1H3. The highest BCUT2D eigenvalue weighted by Crippen LogP contribution is 2.34. The Morgan fingerprint density at radius 1 is 1.32 bits per heavy atom. The molecular weight excluding hydrogens is 446 g/mol. The number of nitrogen functional groups attached to an aromatic ring is 1. The average Bonchev–Trinajstić information content (AvgIpc) is 2.69. The highest BCUT2D eigenvalue weighted by molar-refractivity contribution is 9.11. The van der Waals surface area contributed by atoms with E-state index in [2.05, 4.69) is 57.5 Å². The van der Waals surface area contributed by atoms with E-state index in [-0.39, 0.29) is 11.5 Å². The number of methoxy groups -OCH3 is 1. The summed E-state index contributed by atoms with van der Waals surface area (Å²) in [6, 6.07) is 3.74. The molecule has 0 saturated carbocycles. The molecule has 1 aromatic carbocycles. The van der Waals surface area contributed by atoms with Crippen LogP contribution in [0.25, 0.3) is 5.69 Å². The highest BCUT2D eigenvalue weighted by atomic mass is 79.9. The molecule has 0 atom stereocenters. The van der Waals surface area contributed by atoms with Crippen LogP contribution in [0.1, 0.15) is 10.5 Å². The first-order chi connectivity index (χ1) is 8.95. The molecule has 0 aliphatic rings. The first-order valence-electron chi connectivity index (χ1n) is 5.01. The molecule has 1 heterocycles. The van der Waals surface area contributed by atoms with Gasteiger partial charge in [-0.15, -0.1) is 0 Å². The van der Waals surface area contributed by atoms with E-state index in [9.17, 15) is 4.79 Å². The number of halogens is 3. The molecule has 2 aromatic rings. The maximum absolute atomic E-state index is 11.5. The number of rotatable bonds is 2. The number of nitrogens with two attached hydrogens (primary N) is 1. The lowest BCUT2D eigenvalue weighted by Gasteiger charge is -2.11. The molecule has 100 valence electrons. The molecule has 2 N–H and O–H groups in total. The third-order valence-corrected chi connectivity index (χ3v) is 4.07. The third kappa shape index (κ3) is 2.70. The first kappa shape index (κ1) is 14.5. The van der Waals surface area contributed by atoms with Gasteiger partial charge in [0.2, 0.25) is 0 Å². The molecule has 2 rings (SSSR count). The van der Waals surface area contributed by atoms with Crippen molar-refractivity contribution in [2.75, 3.05) is 12.8 Å². The second-order valence-electron chi connectivity index (χ2n) is 3.56. The summed E-state index contributed by atoms with van der Waals surface area (Å²) in [7, 11) is 1.28. The molecule has 0 bridgehead atoms. The van der Waals surface area contributed by atoms with Crippen LogP contribution in [0.3, 0.4) is 0 Å². The summed E-state index contributed by atoms with van der Waals surface area (Å²) in [4.78, 5) is 15.5. The highest BCUT2D eigenvalue weighted by Gasteiger charge is 2.19. The van der Waals surface area contributed by atoms with E-state index in [0.717, 1.165) is 19.1 Å². The van der Waals surface area contributed by atoms with Crippen molar-refractivity contribution in [1.29, 1.82) is 0 Å².